The average molecular weight is 270 g/mol. The van der Waals surface area contributed by atoms with Crippen molar-refractivity contribution in [1.29, 1.82) is 0 Å². The minimum Gasteiger partial charge on any atom is -0.326 e. The summed E-state index contributed by atoms with van der Waals surface area (Å²) in [6, 6.07) is 5.36. The number of aromatic amines is 1. The minimum atomic E-state index is -3.81. The molecule has 8 heteroatoms. The molecule has 0 unspecified atom stereocenters. The van der Waals surface area contributed by atoms with E-state index in [0.717, 1.165) is 0 Å². The topological polar surface area (TPSA) is 101 Å². The highest BCUT2D eigenvalue weighted by Gasteiger charge is 2.18. The van der Waals surface area contributed by atoms with E-state index in [1.165, 1.54) is 30.5 Å². The maximum Gasteiger partial charge on any atom is 0.278 e. The molecule has 0 saturated heterocycles. The Kier molecular flexibility index (Phi) is 3.30. The highest BCUT2D eigenvalue weighted by atomic mass is 32.2. The van der Waals surface area contributed by atoms with Crippen molar-refractivity contribution in [2.45, 2.75) is 11.6 Å². The number of anilines is 1. The molecule has 2 aromatic rings. The number of nitrogens with one attached hydrogen (secondary N) is 2. The van der Waals surface area contributed by atoms with Crippen LogP contribution in [-0.2, 0) is 16.6 Å². The molecule has 0 fully saturated rings. The largest absolute Gasteiger partial charge is 0.326 e. The van der Waals surface area contributed by atoms with Gasteiger partial charge in [-0.3, -0.25) is 9.82 Å². The van der Waals surface area contributed by atoms with Gasteiger partial charge in [0.25, 0.3) is 10.0 Å². The molecular weight excluding hydrogens is 259 g/mol. The Balaban J connectivity index is 2.39. The van der Waals surface area contributed by atoms with Crippen molar-refractivity contribution < 1.29 is 12.8 Å². The molecule has 0 aliphatic carbocycles. The van der Waals surface area contributed by atoms with Crippen LogP contribution in [0, 0.1) is 5.82 Å². The number of aromatic nitrogens is 2. The summed E-state index contributed by atoms with van der Waals surface area (Å²) in [6.45, 7) is -0.104. The second-order valence-electron chi connectivity index (χ2n) is 3.50. The molecule has 0 aliphatic heterocycles. The maximum absolute atomic E-state index is 13.4. The lowest BCUT2D eigenvalue weighted by Gasteiger charge is -2.10. The predicted octanol–water partition coefficient (Wildman–Crippen LogP) is 0.808. The summed E-state index contributed by atoms with van der Waals surface area (Å²) in [5, 5.41) is 5.77. The summed E-state index contributed by atoms with van der Waals surface area (Å²) in [5.74, 6) is -0.553. The van der Waals surface area contributed by atoms with Gasteiger partial charge in [-0.25, -0.2) is 4.39 Å². The van der Waals surface area contributed by atoms with E-state index in [9.17, 15) is 12.8 Å². The van der Waals surface area contributed by atoms with Crippen molar-refractivity contribution in [2.75, 3.05) is 4.72 Å². The molecule has 1 aromatic carbocycles. The Hall–Kier alpha value is -1.93. The third kappa shape index (κ3) is 2.34. The van der Waals surface area contributed by atoms with Gasteiger partial charge < -0.3 is 5.73 Å². The van der Waals surface area contributed by atoms with E-state index in [0.29, 0.717) is 0 Å². The fraction of sp³-hybridized carbons (Fsp3) is 0.100. The number of halogens is 1. The van der Waals surface area contributed by atoms with Gasteiger partial charge in [-0.1, -0.05) is 6.07 Å². The van der Waals surface area contributed by atoms with Crippen LogP contribution in [0.1, 0.15) is 5.56 Å². The van der Waals surface area contributed by atoms with Crippen molar-refractivity contribution in [3.05, 3.63) is 41.8 Å². The fourth-order valence-corrected chi connectivity index (χ4v) is 2.46. The van der Waals surface area contributed by atoms with Crippen LogP contribution in [0.2, 0.25) is 0 Å². The van der Waals surface area contributed by atoms with E-state index in [-0.39, 0.29) is 22.8 Å². The van der Waals surface area contributed by atoms with Crippen LogP contribution in [0.25, 0.3) is 0 Å². The predicted molar refractivity (Wildman–Crippen MR) is 63.7 cm³/mol. The molecule has 0 atom stereocenters. The number of hydrogen-bond donors (Lipinski definition) is 3. The summed E-state index contributed by atoms with van der Waals surface area (Å²) < 4.78 is 39.5. The molecule has 0 bridgehead atoms. The number of nitrogens with zero attached hydrogens (tertiary/aromatic N) is 1. The smallest absolute Gasteiger partial charge is 0.278 e. The molecule has 0 radical (unpaired) electrons. The van der Waals surface area contributed by atoms with Gasteiger partial charge in [0.15, 0.2) is 5.03 Å². The second-order valence-corrected chi connectivity index (χ2v) is 5.15. The van der Waals surface area contributed by atoms with Gasteiger partial charge in [-0.15, -0.1) is 0 Å². The quantitative estimate of drug-likeness (QED) is 0.765. The minimum absolute atomic E-state index is 0.102. The van der Waals surface area contributed by atoms with Crippen LogP contribution >= 0.6 is 0 Å². The third-order valence-electron chi connectivity index (χ3n) is 2.33. The van der Waals surface area contributed by atoms with E-state index in [1.807, 2.05) is 0 Å². The zero-order valence-corrected chi connectivity index (χ0v) is 10.0. The Morgan fingerprint density at radius 3 is 2.78 bits per heavy atom. The van der Waals surface area contributed by atoms with E-state index in [1.54, 1.807) is 0 Å². The van der Waals surface area contributed by atoms with Crippen LogP contribution in [-0.4, -0.2) is 18.6 Å². The van der Waals surface area contributed by atoms with Gasteiger partial charge in [-0.2, -0.15) is 13.5 Å². The summed E-state index contributed by atoms with van der Waals surface area (Å²) in [7, 11) is -3.81. The van der Waals surface area contributed by atoms with Crippen molar-refractivity contribution in [3.8, 4) is 0 Å². The van der Waals surface area contributed by atoms with Crippen molar-refractivity contribution >= 4 is 15.7 Å². The first-order valence-electron chi connectivity index (χ1n) is 5.04. The van der Waals surface area contributed by atoms with Crippen LogP contribution < -0.4 is 10.5 Å². The van der Waals surface area contributed by atoms with Crippen LogP contribution in [0.3, 0.4) is 0 Å². The number of H-pyrrole nitrogens is 1. The molecule has 96 valence electrons. The lowest BCUT2D eigenvalue weighted by molar-refractivity contribution is 0.596. The van der Waals surface area contributed by atoms with Crippen molar-refractivity contribution in [1.82, 2.24) is 10.2 Å². The number of benzene rings is 1. The number of hydrogen-bond acceptors (Lipinski definition) is 4. The molecule has 18 heavy (non-hydrogen) atoms. The van der Waals surface area contributed by atoms with Crippen molar-refractivity contribution in [3.63, 3.8) is 0 Å². The molecular formula is C10H11FN4O2S. The second kappa shape index (κ2) is 4.75. The SMILES string of the molecule is NCc1c(F)cccc1NS(=O)(=O)c1ccn[nH]1. The van der Waals surface area contributed by atoms with Gasteiger partial charge in [-0.05, 0) is 18.2 Å². The zero-order chi connectivity index (χ0) is 13.2. The van der Waals surface area contributed by atoms with Crippen LogP contribution in [0.5, 0.6) is 0 Å². The summed E-state index contributed by atoms with van der Waals surface area (Å²) in [6.07, 6.45) is 1.31. The molecule has 0 spiro atoms. The van der Waals surface area contributed by atoms with E-state index >= 15 is 0 Å². The van der Waals surface area contributed by atoms with E-state index < -0.39 is 15.8 Å². The molecule has 2 rings (SSSR count). The highest BCUT2D eigenvalue weighted by molar-refractivity contribution is 7.92. The van der Waals surface area contributed by atoms with E-state index in [4.69, 9.17) is 5.73 Å². The molecule has 1 heterocycles. The number of sulfonamides is 1. The number of rotatable bonds is 4. The normalized spacial score (nSPS) is 11.4. The first-order chi connectivity index (χ1) is 8.54. The zero-order valence-electron chi connectivity index (χ0n) is 9.22. The average Bonchev–Trinajstić information content (AvgIpc) is 2.83. The Morgan fingerprint density at radius 2 is 2.17 bits per heavy atom. The van der Waals surface area contributed by atoms with Crippen molar-refractivity contribution in [2.24, 2.45) is 5.73 Å². The Bertz CT molecular complexity index is 640. The summed E-state index contributed by atoms with van der Waals surface area (Å²) in [4.78, 5) is 0. The lowest BCUT2D eigenvalue weighted by atomic mass is 10.2. The van der Waals surface area contributed by atoms with Gasteiger partial charge in [0.05, 0.1) is 11.9 Å². The molecule has 4 N–H and O–H groups in total. The standard InChI is InChI=1S/C10H11FN4O2S/c11-8-2-1-3-9(7(8)6-12)15-18(16,17)10-4-5-13-14-10/h1-5,15H,6,12H2,(H,13,14). The first kappa shape index (κ1) is 12.5. The van der Waals surface area contributed by atoms with Crippen LogP contribution in [0.4, 0.5) is 10.1 Å². The lowest BCUT2D eigenvalue weighted by Crippen LogP contribution is -2.16. The third-order valence-corrected chi connectivity index (χ3v) is 3.63. The summed E-state index contributed by atoms with van der Waals surface area (Å²) in [5.41, 5.74) is 5.62. The Morgan fingerprint density at radius 1 is 1.39 bits per heavy atom. The molecule has 0 saturated carbocycles. The van der Waals surface area contributed by atoms with Gasteiger partial charge in [0.2, 0.25) is 0 Å². The summed E-state index contributed by atoms with van der Waals surface area (Å²) >= 11 is 0. The van der Waals surface area contributed by atoms with Gasteiger partial charge >= 0.3 is 0 Å². The molecule has 6 nitrogen and oxygen atoms in total. The fourth-order valence-electron chi connectivity index (χ4n) is 1.45. The number of nitrogens with two attached hydrogens (primary N) is 1. The monoisotopic (exact) mass is 270 g/mol. The molecule has 0 amide bonds. The van der Waals surface area contributed by atoms with Crippen LogP contribution in [0.15, 0.2) is 35.5 Å². The Labute approximate surface area is 103 Å². The van der Waals surface area contributed by atoms with E-state index in [2.05, 4.69) is 14.9 Å². The van der Waals surface area contributed by atoms with Gasteiger partial charge in [0, 0.05) is 12.1 Å². The van der Waals surface area contributed by atoms with Gasteiger partial charge in [0.1, 0.15) is 5.82 Å². The molecule has 1 aromatic heterocycles. The molecule has 0 aliphatic rings. The highest BCUT2D eigenvalue weighted by Crippen LogP contribution is 2.21. The first-order valence-corrected chi connectivity index (χ1v) is 6.52. The maximum atomic E-state index is 13.4.